The van der Waals surface area contributed by atoms with Gasteiger partial charge in [-0.25, -0.2) is 0 Å². The summed E-state index contributed by atoms with van der Waals surface area (Å²) in [5.74, 6) is 0.484. The molecule has 0 radical (unpaired) electrons. The van der Waals surface area contributed by atoms with Crippen molar-refractivity contribution >= 4 is 22.5 Å². The van der Waals surface area contributed by atoms with E-state index in [1.54, 1.807) is 10.7 Å². The zero-order valence-corrected chi connectivity index (χ0v) is 9.39. The van der Waals surface area contributed by atoms with Crippen molar-refractivity contribution < 1.29 is 0 Å². The summed E-state index contributed by atoms with van der Waals surface area (Å²) in [5.41, 5.74) is 0.794. The fourth-order valence-corrected chi connectivity index (χ4v) is 1.67. The molecular weight excluding hydrogens is 224 g/mol. The van der Waals surface area contributed by atoms with Crippen LogP contribution in [0.5, 0.6) is 0 Å². The largest absolute Gasteiger partial charge is 0.287 e. The summed E-state index contributed by atoms with van der Waals surface area (Å²) in [6.07, 6.45) is 5.13. The molecule has 0 unspecified atom stereocenters. The van der Waals surface area contributed by atoms with Crippen LogP contribution in [0.1, 0.15) is 0 Å². The standard InChI is InChI=1S/C12H11ClN2O/c13-7-3-4-8-15-11-6-2-1-5-10(11)12(16)9-14-15/h1-6,9H,7-8H2. The summed E-state index contributed by atoms with van der Waals surface area (Å²) in [4.78, 5) is 11.5. The normalized spacial score (nSPS) is 11.3. The average Bonchev–Trinajstić information content (AvgIpc) is 2.33. The molecule has 0 amide bonds. The van der Waals surface area contributed by atoms with E-state index in [0.717, 1.165) is 5.52 Å². The topological polar surface area (TPSA) is 34.9 Å². The number of rotatable bonds is 3. The number of hydrogen-bond acceptors (Lipinski definition) is 2. The van der Waals surface area contributed by atoms with E-state index in [2.05, 4.69) is 5.10 Å². The molecule has 4 heteroatoms. The third-order valence-corrected chi connectivity index (χ3v) is 2.47. The van der Waals surface area contributed by atoms with Gasteiger partial charge in [0, 0.05) is 11.3 Å². The van der Waals surface area contributed by atoms with Crippen molar-refractivity contribution in [3.05, 3.63) is 52.8 Å². The Morgan fingerprint density at radius 1 is 1.31 bits per heavy atom. The summed E-state index contributed by atoms with van der Waals surface area (Å²) in [6, 6.07) is 7.44. The molecule has 0 bridgehead atoms. The first kappa shape index (κ1) is 10.9. The van der Waals surface area contributed by atoms with Crippen LogP contribution in [0.2, 0.25) is 0 Å². The summed E-state index contributed by atoms with van der Waals surface area (Å²) in [6.45, 7) is 0.619. The highest BCUT2D eigenvalue weighted by molar-refractivity contribution is 6.18. The molecule has 16 heavy (non-hydrogen) atoms. The number of alkyl halides is 1. The molecule has 0 aliphatic rings. The van der Waals surface area contributed by atoms with E-state index >= 15 is 0 Å². The van der Waals surface area contributed by atoms with Gasteiger partial charge in [-0.15, -0.1) is 11.6 Å². The zero-order valence-electron chi connectivity index (χ0n) is 8.64. The molecule has 1 aromatic heterocycles. The van der Waals surface area contributed by atoms with E-state index in [1.165, 1.54) is 6.20 Å². The van der Waals surface area contributed by atoms with Crippen molar-refractivity contribution in [2.75, 3.05) is 5.88 Å². The number of benzene rings is 1. The monoisotopic (exact) mass is 234 g/mol. The Balaban J connectivity index is 2.50. The lowest BCUT2D eigenvalue weighted by molar-refractivity contribution is 0.709. The predicted molar refractivity (Wildman–Crippen MR) is 65.9 cm³/mol. The number of halogens is 1. The van der Waals surface area contributed by atoms with Crippen molar-refractivity contribution in [1.82, 2.24) is 9.78 Å². The Morgan fingerprint density at radius 3 is 2.94 bits per heavy atom. The molecule has 0 saturated carbocycles. The van der Waals surface area contributed by atoms with Crippen LogP contribution in [0, 0.1) is 0 Å². The second kappa shape index (κ2) is 4.94. The van der Waals surface area contributed by atoms with Gasteiger partial charge in [-0.1, -0.05) is 24.3 Å². The fourth-order valence-electron chi connectivity index (χ4n) is 1.54. The van der Waals surface area contributed by atoms with E-state index in [1.807, 2.05) is 30.4 Å². The fraction of sp³-hybridized carbons (Fsp3) is 0.167. The van der Waals surface area contributed by atoms with Crippen molar-refractivity contribution in [2.24, 2.45) is 0 Å². The van der Waals surface area contributed by atoms with E-state index in [-0.39, 0.29) is 5.43 Å². The maximum atomic E-state index is 11.5. The Hall–Kier alpha value is -1.61. The SMILES string of the molecule is O=c1cnn(CC=CCCl)c2ccccc12. The second-order valence-electron chi connectivity index (χ2n) is 3.33. The van der Waals surface area contributed by atoms with Crippen LogP contribution < -0.4 is 5.43 Å². The number of allylic oxidation sites excluding steroid dienone is 2. The smallest absolute Gasteiger partial charge is 0.207 e. The first-order valence-corrected chi connectivity index (χ1v) is 5.52. The van der Waals surface area contributed by atoms with Crippen molar-refractivity contribution in [1.29, 1.82) is 0 Å². The number of para-hydroxylation sites is 1. The first-order chi connectivity index (χ1) is 7.83. The highest BCUT2D eigenvalue weighted by atomic mass is 35.5. The molecule has 0 N–H and O–H groups in total. The lowest BCUT2D eigenvalue weighted by atomic mass is 10.2. The van der Waals surface area contributed by atoms with Crippen LogP contribution in [-0.4, -0.2) is 15.7 Å². The molecule has 82 valence electrons. The highest BCUT2D eigenvalue weighted by Gasteiger charge is 2.00. The maximum absolute atomic E-state index is 11.5. The van der Waals surface area contributed by atoms with Gasteiger partial charge in [0.05, 0.1) is 18.3 Å². The Bertz CT molecular complexity index is 574. The van der Waals surface area contributed by atoms with E-state index < -0.39 is 0 Å². The molecular formula is C12H11ClN2O. The van der Waals surface area contributed by atoms with Crippen molar-refractivity contribution in [2.45, 2.75) is 6.54 Å². The molecule has 0 atom stereocenters. The molecule has 1 heterocycles. The third kappa shape index (κ3) is 2.14. The molecule has 2 rings (SSSR count). The molecule has 0 spiro atoms. The van der Waals surface area contributed by atoms with Gasteiger partial charge in [0.2, 0.25) is 5.43 Å². The van der Waals surface area contributed by atoms with Gasteiger partial charge in [-0.3, -0.25) is 9.48 Å². The van der Waals surface area contributed by atoms with E-state index in [0.29, 0.717) is 17.8 Å². The predicted octanol–water partition coefficient (Wildman–Crippen LogP) is 2.19. The maximum Gasteiger partial charge on any atom is 0.207 e. The van der Waals surface area contributed by atoms with Gasteiger partial charge in [0.15, 0.2) is 0 Å². The van der Waals surface area contributed by atoms with Crippen LogP contribution >= 0.6 is 11.6 Å². The van der Waals surface area contributed by atoms with Gasteiger partial charge in [0.1, 0.15) is 0 Å². The number of hydrogen-bond donors (Lipinski definition) is 0. The zero-order chi connectivity index (χ0) is 11.4. The molecule has 0 saturated heterocycles. The van der Waals surface area contributed by atoms with Crippen LogP contribution in [0.3, 0.4) is 0 Å². The number of nitrogens with zero attached hydrogens (tertiary/aromatic N) is 2. The molecule has 0 aliphatic carbocycles. The van der Waals surface area contributed by atoms with Crippen LogP contribution in [0.4, 0.5) is 0 Å². The number of fused-ring (bicyclic) bond motifs is 1. The Kier molecular flexibility index (Phi) is 3.37. The Morgan fingerprint density at radius 2 is 2.12 bits per heavy atom. The minimum Gasteiger partial charge on any atom is -0.287 e. The highest BCUT2D eigenvalue weighted by Crippen LogP contribution is 2.07. The van der Waals surface area contributed by atoms with Crippen LogP contribution in [-0.2, 0) is 6.54 Å². The summed E-state index contributed by atoms with van der Waals surface area (Å²) in [7, 11) is 0. The lowest BCUT2D eigenvalue weighted by Crippen LogP contribution is -2.11. The second-order valence-corrected chi connectivity index (χ2v) is 3.64. The molecule has 3 nitrogen and oxygen atoms in total. The van der Waals surface area contributed by atoms with E-state index in [9.17, 15) is 4.79 Å². The molecule has 1 aromatic carbocycles. The average molecular weight is 235 g/mol. The third-order valence-electron chi connectivity index (χ3n) is 2.30. The molecule has 0 fully saturated rings. The summed E-state index contributed by atoms with van der Waals surface area (Å²) in [5, 5.41) is 4.78. The van der Waals surface area contributed by atoms with Crippen molar-refractivity contribution in [3.63, 3.8) is 0 Å². The van der Waals surface area contributed by atoms with Crippen LogP contribution in [0.25, 0.3) is 10.9 Å². The molecule has 0 aliphatic heterocycles. The Labute approximate surface area is 98.0 Å². The van der Waals surface area contributed by atoms with Gasteiger partial charge in [0.25, 0.3) is 0 Å². The van der Waals surface area contributed by atoms with Crippen molar-refractivity contribution in [3.8, 4) is 0 Å². The summed E-state index contributed by atoms with van der Waals surface area (Å²) >= 11 is 5.54. The lowest BCUT2D eigenvalue weighted by Gasteiger charge is -2.05. The quantitative estimate of drug-likeness (QED) is 0.603. The molecule has 2 aromatic rings. The van der Waals surface area contributed by atoms with Gasteiger partial charge in [-0.05, 0) is 12.1 Å². The van der Waals surface area contributed by atoms with Crippen LogP contribution in [0.15, 0.2) is 47.4 Å². The minimum atomic E-state index is -0.0480. The van der Waals surface area contributed by atoms with E-state index in [4.69, 9.17) is 11.6 Å². The number of aromatic nitrogens is 2. The minimum absolute atomic E-state index is 0.0480. The summed E-state index contributed by atoms with van der Waals surface area (Å²) < 4.78 is 1.78. The van der Waals surface area contributed by atoms with Gasteiger partial charge >= 0.3 is 0 Å². The van der Waals surface area contributed by atoms with Gasteiger partial charge in [-0.2, -0.15) is 5.10 Å². The van der Waals surface area contributed by atoms with Gasteiger partial charge < -0.3 is 0 Å². The first-order valence-electron chi connectivity index (χ1n) is 4.99.